The number of halogens is 2. The van der Waals surface area contributed by atoms with Gasteiger partial charge in [0.1, 0.15) is 5.82 Å². The van der Waals surface area contributed by atoms with Crippen molar-refractivity contribution in [3.05, 3.63) is 28.5 Å². The first kappa shape index (κ1) is 13.3. The van der Waals surface area contributed by atoms with Crippen LogP contribution in [0.3, 0.4) is 0 Å². The molecule has 0 atom stereocenters. The maximum atomic E-state index is 13.1. The largest absolute Gasteiger partial charge is 0.395 e. The molecule has 1 aliphatic rings. The third kappa shape index (κ3) is 3.20. The number of nitrogens with zero attached hydrogens (tertiary/aromatic N) is 1. The molecule has 6 heteroatoms. The molecule has 0 heterocycles. The molecule has 1 aliphatic carbocycles. The number of rotatable bonds is 4. The van der Waals surface area contributed by atoms with Gasteiger partial charge in [0.25, 0.3) is 0 Å². The van der Waals surface area contributed by atoms with Gasteiger partial charge in [-0.2, -0.15) is 0 Å². The molecule has 0 unspecified atom stereocenters. The standard InChI is InChI=1S/C12H14BrFN2O2/c13-10-4-1-8(14)7-11(10)15-12(18)16(5-6-17)9-2-3-9/h1,4,7,9,17H,2-3,5-6H2,(H,15,18). The lowest BCUT2D eigenvalue weighted by molar-refractivity contribution is 0.185. The van der Waals surface area contributed by atoms with Gasteiger partial charge >= 0.3 is 6.03 Å². The fraction of sp³-hybridized carbons (Fsp3) is 0.417. The highest BCUT2D eigenvalue weighted by atomic mass is 79.9. The second kappa shape index (κ2) is 5.67. The normalized spacial score (nSPS) is 14.4. The van der Waals surface area contributed by atoms with E-state index in [2.05, 4.69) is 21.2 Å². The van der Waals surface area contributed by atoms with Gasteiger partial charge in [0.2, 0.25) is 0 Å². The number of urea groups is 1. The minimum absolute atomic E-state index is 0.0752. The van der Waals surface area contributed by atoms with E-state index >= 15 is 0 Å². The topological polar surface area (TPSA) is 52.6 Å². The molecule has 1 saturated carbocycles. The molecule has 0 radical (unpaired) electrons. The summed E-state index contributed by atoms with van der Waals surface area (Å²) in [4.78, 5) is 13.6. The van der Waals surface area contributed by atoms with Gasteiger partial charge in [0.15, 0.2) is 0 Å². The van der Waals surface area contributed by atoms with Gasteiger partial charge in [-0.05, 0) is 47.0 Å². The number of aliphatic hydroxyl groups is 1. The average molecular weight is 317 g/mol. The highest BCUT2D eigenvalue weighted by Crippen LogP contribution is 2.28. The van der Waals surface area contributed by atoms with Crippen LogP contribution in [0.2, 0.25) is 0 Å². The van der Waals surface area contributed by atoms with Crippen molar-refractivity contribution < 1.29 is 14.3 Å². The Kier molecular flexibility index (Phi) is 4.19. The Morgan fingerprint density at radius 2 is 2.28 bits per heavy atom. The molecular formula is C12H14BrFN2O2. The van der Waals surface area contributed by atoms with Crippen LogP contribution in [0.25, 0.3) is 0 Å². The molecule has 0 spiro atoms. The molecule has 0 aromatic heterocycles. The van der Waals surface area contributed by atoms with Gasteiger partial charge in [-0.25, -0.2) is 9.18 Å². The number of anilines is 1. The summed E-state index contributed by atoms with van der Waals surface area (Å²) < 4.78 is 13.7. The Hall–Kier alpha value is -1.14. The lowest BCUT2D eigenvalue weighted by Crippen LogP contribution is -2.38. The summed E-state index contributed by atoms with van der Waals surface area (Å²) in [6.07, 6.45) is 1.91. The summed E-state index contributed by atoms with van der Waals surface area (Å²) in [7, 11) is 0. The fourth-order valence-electron chi connectivity index (χ4n) is 1.72. The predicted octanol–water partition coefficient (Wildman–Crippen LogP) is 2.58. The summed E-state index contributed by atoms with van der Waals surface area (Å²) in [5, 5.41) is 11.6. The maximum absolute atomic E-state index is 13.1. The van der Waals surface area contributed by atoms with Crippen LogP contribution in [-0.4, -0.2) is 35.2 Å². The van der Waals surface area contributed by atoms with Crippen molar-refractivity contribution in [3.63, 3.8) is 0 Å². The van der Waals surface area contributed by atoms with Gasteiger partial charge in [-0.3, -0.25) is 0 Å². The van der Waals surface area contributed by atoms with Crippen molar-refractivity contribution in [2.24, 2.45) is 0 Å². The molecule has 98 valence electrons. The summed E-state index contributed by atoms with van der Waals surface area (Å²) in [6, 6.07) is 4.00. The number of carbonyl (C=O) groups is 1. The van der Waals surface area contributed by atoms with Crippen molar-refractivity contribution >= 4 is 27.6 Å². The Labute approximate surface area is 113 Å². The third-order valence-electron chi connectivity index (χ3n) is 2.76. The molecule has 2 rings (SSSR count). The number of benzene rings is 1. The first-order valence-corrected chi connectivity index (χ1v) is 6.54. The van der Waals surface area contributed by atoms with E-state index in [1.165, 1.54) is 12.1 Å². The second-order valence-corrected chi connectivity index (χ2v) is 5.06. The second-order valence-electron chi connectivity index (χ2n) is 4.20. The van der Waals surface area contributed by atoms with E-state index in [1.807, 2.05) is 0 Å². The van der Waals surface area contributed by atoms with Crippen molar-refractivity contribution in [3.8, 4) is 0 Å². The number of hydrogen-bond donors (Lipinski definition) is 2. The monoisotopic (exact) mass is 316 g/mol. The fourth-order valence-corrected chi connectivity index (χ4v) is 2.07. The first-order chi connectivity index (χ1) is 8.61. The molecular weight excluding hydrogens is 303 g/mol. The van der Waals surface area contributed by atoms with Crippen LogP contribution in [0.1, 0.15) is 12.8 Å². The van der Waals surface area contributed by atoms with Crippen LogP contribution < -0.4 is 5.32 Å². The highest BCUT2D eigenvalue weighted by Gasteiger charge is 2.32. The van der Waals surface area contributed by atoms with E-state index in [1.54, 1.807) is 11.0 Å². The minimum atomic E-state index is -0.409. The zero-order chi connectivity index (χ0) is 13.1. The molecule has 1 aromatic carbocycles. The average Bonchev–Trinajstić information content (AvgIpc) is 3.14. The predicted molar refractivity (Wildman–Crippen MR) is 69.9 cm³/mol. The van der Waals surface area contributed by atoms with Crippen LogP contribution in [0.5, 0.6) is 0 Å². The van der Waals surface area contributed by atoms with Gasteiger partial charge in [-0.1, -0.05) is 0 Å². The number of nitrogens with one attached hydrogen (secondary N) is 1. The molecule has 1 fully saturated rings. The summed E-state index contributed by atoms with van der Waals surface area (Å²) >= 11 is 3.25. The number of carbonyl (C=O) groups excluding carboxylic acids is 1. The molecule has 2 N–H and O–H groups in total. The van der Waals surface area contributed by atoms with Crippen LogP contribution in [0, 0.1) is 5.82 Å². The SMILES string of the molecule is O=C(Nc1cc(F)ccc1Br)N(CCO)C1CC1. The van der Waals surface area contributed by atoms with Crippen molar-refractivity contribution in [1.29, 1.82) is 0 Å². The minimum Gasteiger partial charge on any atom is -0.395 e. The van der Waals surface area contributed by atoms with Crippen LogP contribution in [0.15, 0.2) is 22.7 Å². The quantitative estimate of drug-likeness (QED) is 0.897. The van der Waals surface area contributed by atoms with Gasteiger partial charge in [-0.15, -0.1) is 0 Å². The molecule has 1 aromatic rings. The molecule has 0 aliphatic heterocycles. The van der Waals surface area contributed by atoms with E-state index in [9.17, 15) is 9.18 Å². The van der Waals surface area contributed by atoms with Crippen molar-refractivity contribution in [2.75, 3.05) is 18.5 Å². The third-order valence-corrected chi connectivity index (χ3v) is 3.45. The molecule has 0 bridgehead atoms. The van der Waals surface area contributed by atoms with E-state index in [-0.39, 0.29) is 18.7 Å². The van der Waals surface area contributed by atoms with Crippen molar-refractivity contribution in [2.45, 2.75) is 18.9 Å². The van der Waals surface area contributed by atoms with E-state index < -0.39 is 5.82 Å². The van der Waals surface area contributed by atoms with Crippen LogP contribution in [0.4, 0.5) is 14.9 Å². The van der Waals surface area contributed by atoms with Gasteiger partial charge in [0, 0.05) is 17.1 Å². The highest BCUT2D eigenvalue weighted by molar-refractivity contribution is 9.10. The van der Waals surface area contributed by atoms with E-state index in [4.69, 9.17) is 5.11 Å². The van der Waals surface area contributed by atoms with E-state index in [0.29, 0.717) is 16.7 Å². The number of amides is 2. The zero-order valence-electron chi connectivity index (χ0n) is 9.70. The molecule has 4 nitrogen and oxygen atoms in total. The number of aliphatic hydroxyl groups excluding tert-OH is 1. The Morgan fingerprint density at radius 1 is 1.56 bits per heavy atom. The molecule has 2 amide bonds. The Balaban J connectivity index is 2.07. The van der Waals surface area contributed by atoms with Crippen LogP contribution >= 0.6 is 15.9 Å². The van der Waals surface area contributed by atoms with Crippen molar-refractivity contribution in [1.82, 2.24) is 4.90 Å². The maximum Gasteiger partial charge on any atom is 0.322 e. The summed E-state index contributed by atoms with van der Waals surface area (Å²) in [5.74, 6) is -0.409. The van der Waals surface area contributed by atoms with Gasteiger partial charge in [0.05, 0.1) is 12.3 Å². The van der Waals surface area contributed by atoms with Gasteiger partial charge < -0.3 is 15.3 Å². The zero-order valence-corrected chi connectivity index (χ0v) is 11.3. The summed E-state index contributed by atoms with van der Waals surface area (Å²) in [5.41, 5.74) is 0.392. The molecule has 0 saturated heterocycles. The van der Waals surface area contributed by atoms with Crippen LogP contribution in [-0.2, 0) is 0 Å². The van der Waals surface area contributed by atoms with E-state index in [0.717, 1.165) is 12.8 Å². The lowest BCUT2D eigenvalue weighted by atomic mass is 10.3. The lowest BCUT2D eigenvalue weighted by Gasteiger charge is -2.22. The first-order valence-electron chi connectivity index (χ1n) is 5.75. The Morgan fingerprint density at radius 3 is 2.89 bits per heavy atom. The summed E-state index contributed by atoms with van der Waals surface area (Å²) in [6.45, 7) is 0.220. The Bertz CT molecular complexity index is 452. The smallest absolute Gasteiger partial charge is 0.322 e. The molecule has 18 heavy (non-hydrogen) atoms. The number of hydrogen-bond acceptors (Lipinski definition) is 2.